The lowest BCUT2D eigenvalue weighted by atomic mass is 10.1. The Morgan fingerprint density at radius 2 is 2.15 bits per heavy atom. The molecule has 1 aromatic rings. The van der Waals surface area contributed by atoms with Crippen molar-refractivity contribution in [1.29, 1.82) is 5.26 Å². The minimum absolute atomic E-state index is 0.344. The second-order valence-corrected chi connectivity index (χ2v) is 4.57. The van der Waals surface area contributed by atoms with Crippen LogP contribution in [0.1, 0.15) is 19.4 Å². The minimum atomic E-state index is -1.51. The molecule has 0 fully saturated rings. The normalized spacial score (nSPS) is 11.1. The summed E-state index contributed by atoms with van der Waals surface area (Å²) in [4.78, 5) is 10.7. The molecule has 0 unspecified atom stereocenters. The molecule has 0 heterocycles. The van der Waals surface area contributed by atoms with Gasteiger partial charge in [0.2, 0.25) is 0 Å². The Balaban J connectivity index is 3.09. The highest BCUT2D eigenvalue weighted by Gasteiger charge is 2.07. The zero-order valence-corrected chi connectivity index (χ0v) is 11.7. The van der Waals surface area contributed by atoms with E-state index < -0.39 is 11.5 Å². The van der Waals surface area contributed by atoms with Crippen molar-refractivity contribution in [2.45, 2.75) is 13.8 Å². The van der Waals surface area contributed by atoms with E-state index in [-0.39, 0.29) is 0 Å². The van der Waals surface area contributed by atoms with Crippen molar-refractivity contribution in [2.24, 2.45) is 5.92 Å². The standard InChI is InChI=1S/C15H17NO4/c1-10(2)9-20-14-7-11(4-5-13(14)19-3)6-12(8-16)15(17)18/h4-7,10H,9H2,1-3H3,(H,17,18)/p-1/b12-6+. The van der Waals surface area contributed by atoms with E-state index in [1.54, 1.807) is 24.3 Å². The first kappa shape index (κ1) is 15.6. The fourth-order valence-corrected chi connectivity index (χ4v) is 1.46. The van der Waals surface area contributed by atoms with E-state index in [4.69, 9.17) is 14.7 Å². The van der Waals surface area contributed by atoms with Gasteiger partial charge in [-0.2, -0.15) is 5.26 Å². The van der Waals surface area contributed by atoms with Gasteiger partial charge in [0.15, 0.2) is 11.5 Å². The van der Waals surface area contributed by atoms with Gasteiger partial charge in [-0.25, -0.2) is 0 Å². The molecule has 0 saturated carbocycles. The Morgan fingerprint density at radius 1 is 1.45 bits per heavy atom. The third-order valence-corrected chi connectivity index (χ3v) is 2.41. The summed E-state index contributed by atoms with van der Waals surface area (Å²) in [5.74, 6) is -0.106. The average molecular weight is 274 g/mol. The summed E-state index contributed by atoms with van der Waals surface area (Å²) in [6.07, 6.45) is 1.23. The number of aliphatic carboxylic acids is 1. The number of hydrogen-bond acceptors (Lipinski definition) is 5. The molecule has 0 aromatic heterocycles. The van der Waals surface area contributed by atoms with Crippen LogP contribution in [0.3, 0.4) is 0 Å². The van der Waals surface area contributed by atoms with Crippen molar-refractivity contribution in [3.05, 3.63) is 29.3 Å². The molecule has 106 valence electrons. The molecule has 5 heteroatoms. The molecule has 0 aliphatic rings. The van der Waals surface area contributed by atoms with Gasteiger partial charge < -0.3 is 19.4 Å². The zero-order valence-electron chi connectivity index (χ0n) is 11.7. The number of ether oxygens (including phenoxy) is 2. The molecule has 1 rings (SSSR count). The Labute approximate surface area is 118 Å². The molecule has 1 aromatic carbocycles. The van der Waals surface area contributed by atoms with Gasteiger partial charge in [0.25, 0.3) is 0 Å². The SMILES string of the molecule is COc1ccc(/C=C(\C#N)C(=O)[O-])cc1OCC(C)C. The number of nitrogens with zero attached hydrogens (tertiary/aromatic N) is 1. The number of benzene rings is 1. The van der Waals surface area contributed by atoms with Crippen LogP contribution < -0.4 is 14.6 Å². The van der Waals surface area contributed by atoms with Gasteiger partial charge in [0, 0.05) is 0 Å². The van der Waals surface area contributed by atoms with E-state index in [9.17, 15) is 9.90 Å². The van der Waals surface area contributed by atoms with E-state index >= 15 is 0 Å². The maximum atomic E-state index is 10.7. The number of hydrogen-bond donors (Lipinski definition) is 0. The smallest absolute Gasteiger partial charge is 0.161 e. The van der Waals surface area contributed by atoms with E-state index in [0.29, 0.717) is 29.6 Å². The molecule has 0 spiro atoms. The first-order chi connectivity index (χ1) is 9.47. The third-order valence-electron chi connectivity index (χ3n) is 2.41. The molecular weight excluding hydrogens is 258 g/mol. The largest absolute Gasteiger partial charge is 0.544 e. The van der Waals surface area contributed by atoms with Crippen LogP contribution in [0.15, 0.2) is 23.8 Å². The molecule has 0 amide bonds. The van der Waals surface area contributed by atoms with Crippen molar-refractivity contribution in [3.8, 4) is 17.6 Å². The molecule has 20 heavy (non-hydrogen) atoms. The quantitative estimate of drug-likeness (QED) is 0.578. The molecule has 0 saturated heterocycles. The zero-order chi connectivity index (χ0) is 15.1. The number of methoxy groups -OCH3 is 1. The number of rotatable bonds is 6. The van der Waals surface area contributed by atoms with Crippen LogP contribution in [0.2, 0.25) is 0 Å². The maximum Gasteiger partial charge on any atom is 0.161 e. The molecule has 0 atom stereocenters. The Morgan fingerprint density at radius 3 is 2.65 bits per heavy atom. The molecule has 0 radical (unpaired) electrons. The molecule has 0 aliphatic heterocycles. The van der Waals surface area contributed by atoms with E-state index in [0.717, 1.165) is 0 Å². The first-order valence-electron chi connectivity index (χ1n) is 6.12. The Hall–Kier alpha value is -2.48. The fourth-order valence-electron chi connectivity index (χ4n) is 1.46. The molecule has 5 nitrogen and oxygen atoms in total. The lowest BCUT2D eigenvalue weighted by Gasteiger charge is -2.13. The molecular formula is C15H16NO4-. The van der Waals surface area contributed by atoms with Crippen LogP contribution in [0.5, 0.6) is 11.5 Å². The van der Waals surface area contributed by atoms with Gasteiger partial charge in [-0.3, -0.25) is 0 Å². The summed E-state index contributed by atoms with van der Waals surface area (Å²) in [5.41, 5.74) is 0.0929. The molecule has 0 bridgehead atoms. The van der Waals surface area contributed by atoms with Crippen LogP contribution in [0.25, 0.3) is 6.08 Å². The van der Waals surface area contributed by atoms with Crippen LogP contribution in [0, 0.1) is 17.2 Å². The third kappa shape index (κ3) is 4.32. The van der Waals surface area contributed by atoms with E-state index in [2.05, 4.69) is 0 Å². The van der Waals surface area contributed by atoms with Gasteiger partial charge >= 0.3 is 0 Å². The maximum absolute atomic E-state index is 10.7. The van der Waals surface area contributed by atoms with E-state index in [1.807, 2.05) is 13.8 Å². The number of carboxylic acid groups (broad SMARTS) is 1. The van der Waals surface area contributed by atoms with Crippen LogP contribution in [-0.2, 0) is 4.79 Å². The summed E-state index contributed by atoms with van der Waals surface area (Å²) in [6.45, 7) is 4.54. The Kier molecular flexibility index (Phi) is 5.60. The van der Waals surface area contributed by atoms with Crippen molar-refractivity contribution < 1.29 is 19.4 Å². The van der Waals surface area contributed by atoms with Gasteiger partial charge in [-0.05, 0) is 29.7 Å². The monoisotopic (exact) mass is 274 g/mol. The average Bonchev–Trinajstić information content (AvgIpc) is 2.42. The topological polar surface area (TPSA) is 82.4 Å². The molecule has 0 aliphatic carbocycles. The van der Waals surface area contributed by atoms with Crippen LogP contribution in [-0.4, -0.2) is 19.7 Å². The predicted octanol–water partition coefficient (Wildman–Crippen LogP) is 1.39. The Bertz CT molecular complexity index is 555. The summed E-state index contributed by atoms with van der Waals surface area (Å²) >= 11 is 0. The highest BCUT2D eigenvalue weighted by molar-refractivity contribution is 5.95. The second-order valence-electron chi connectivity index (χ2n) is 4.57. The predicted molar refractivity (Wildman–Crippen MR) is 71.9 cm³/mol. The fraction of sp³-hybridized carbons (Fsp3) is 0.333. The lowest BCUT2D eigenvalue weighted by Crippen LogP contribution is -2.23. The van der Waals surface area contributed by atoms with Crippen molar-refractivity contribution in [3.63, 3.8) is 0 Å². The lowest BCUT2D eigenvalue weighted by molar-refractivity contribution is -0.298. The number of carboxylic acids is 1. The van der Waals surface area contributed by atoms with Crippen LogP contribution >= 0.6 is 0 Å². The highest BCUT2D eigenvalue weighted by atomic mass is 16.5. The number of carbonyl (C=O) groups excluding carboxylic acids is 1. The summed E-state index contributed by atoms with van der Waals surface area (Å²) in [6, 6.07) is 6.50. The van der Waals surface area contributed by atoms with Crippen molar-refractivity contribution >= 4 is 12.0 Å². The van der Waals surface area contributed by atoms with Gasteiger partial charge in [0.05, 0.1) is 25.3 Å². The number of carbonyl (C=O) groups is 1. The summed E-state index contributed by atoms with van der Waals surface area (Å²) in [7, 11) is 1.52. The van der Waals surface area contributed by atoms with Gasteiger partial charge in [-0.1, -0.05) is 19.9 Å². The number of nitriles is 1. The van der Waals surface area contributed by atoms with Gasteiger partial charge in [0.1, 0.15) is 6.07 Å². The van der Waals surface area contributed by atoms with Crippen molar-refractivity contribution in [2.75, 3.05) is 13.7 Å². The minimum Gasteiger partial charge on any atom is -0.544 e. The summed E-state index contributed by atoms with van der Waals surface area (Å²) < 4.78 is 10.8. The summed E-state index contributed by atoms with van der Waals surface area (Å²) in [5, 5.41) is 19.4. The van der Waals surface area contributed by atoms with Crippen LogP contribution in [0.4, 0.5) is 0 Å². The first-order valence-corrected chi connectivity index (χ1v) is 6.12. The van der Waals surface area contributed by atoms with E-state index in [1.165, 1.54) is 13.2 Å². The second kappa shape index (κ2) is 7.19. The molecule has 0 N–H and O–H groups in total. The van der Waals surface area contributed by atoms with Crippen molar-refractivity contribution in [1.82, 2.24) is 0 Å². The van der Waals surface area contributed by atoms with Gasteiger partial charge in [-0.15, -0.1) is 0 Å². The highest BCUT2D eigenvalue weighted by Crippen LogP contribution is 2.29.